The Labute approximate surface area is 92.4 Å². The van der Waals surface area contributed by atoms with Gasteiger partial charge in [-0.2, -0.15) is 0 Å². The standard InChI is InChI=1S/C12H23NO2/c14-8-10-15-9-7-13-6-2-4-11-3-1-5-12(11)13/h11-12,14H,1-10H2. The van der Waals surface area contributed by atoms with Gasteiger partial charge in [-0.1, -0.05) is 6.42 Å². The molecule has 2 atom stereocenters. The molecule has 1 aliphatic carbocycles. The molecule has 1 aliphatic heterocycles. The average molecular weight is 213 g/mol. The molecule has 0 aromatic heterocycles. The minimum absolute atomic E-state index is 0.145. The van der Waals surface area contributed by atoms with Crippen molar-refractivity contribution in [2.45, 2.75) is 38.1 Å². The van der Waals surface area contributed by atoms with Crippen LogP contribution in [-0.2, 0) is 4.74 Å². The van der Waals surface area contributed by atoms with Crippen LogP contribution in [0.25, 0.3) is 0 Å². The van der Waals surface area contributed by atoms with Crippen LogP contribution in [0, 0.1) is 5.92 Å². The molecule has 0 radical (unpaired) electrons. The minimum atomic E-state index is 0.145. The highest BCUT2D eigenvalue weighted by molar-refractivity contribution is 4.88. The summed E-state index contributed by atoms with van der Waals surface area (Å²) >= 11 is 0. The van der Waals surface area contributed by atoms with E-state index in [2.05, 4.69) is 4.90 Å². The molecule has 1 saturated heterocycles. The normalized spacial score (nSPS) is 31.8. The molecule has 1 heterocycles. The fraction of sp³-hybridized carbons (Fsp3) is 1.00. The first-order chi connectivity index (χ1) is 7.42. The SMILES string of the molecule is OCCOCCN1CCCC2CCCC21. The largest absolute Gasteiger partial charge is 0.394 e. The zero-order valence-electron chi connectivity index (χ0n) is 9.53. The van der Waals surface area contributed by atoms with Crippen molar-refractivity contribution < 1.29 is 9.84 Å². The summed E-state index contributed by atoms with van der Waals surface area (Å²) in [4.78, 5) is 2.61. The summed E-state index contributed by atoms with van der Waals surface area (Å²) < 4.78 is 5.34. The summed E-state index contributed by atoms with van der Waals surface area (Å²) in [6.45, 7) is 3.72. The molecule has 3 nitrogen and oxygen atoms in total. The maximum absolute atomic E-state index is 8.61. The van der Waals surface area contributed by atoms with Crippen LogP contribution in [0.3, 0.4) is 0 Å². The van der Waals surface area contributed by atoms with E-state index in [9.17, 15) is 0 Å². The van der Waals surface area contributed by atoms with Gasteiger partial charge in [-0.3, -0.25) is 4.90 Å². The van der Waals surface area contributed by atoms with Crippen molar-refractivity contribution in [1.82, 2.24) is 4.90 Å². The van der Waals surface area contributed by atoms with Gasteiger partial charge in [0.25, 0.3) is 0 Å². The fourth-order valence-corrected chi connectivity index (χ4v) is 3.18. The molecule has 1 saturated carbocycles. The van der Waals surface area contributed by atoms with E-state index in [0.717, 1.165) is 25.1 Å². The molecule has 0 aromatic carbocycles. The second-order valence-electron chi connectivity index (χ2n) is 4.77. The lowest BCUT2D eigenvalue weighted by Gasteiger charge is -2.37. The number of ether oxygens (including phenoxy) is 1. The van der Waals surface area contributed by atoms with E-state index in [1.807, 2.05) is 0 Å². The number of aliphatic hydroxyl groups excluding tert-OH is 1. The van der Waals surface area contributed by atoms with Crippen LogP contribution in [0.4, 0.5) is 0 Å². The monoisotopic (exact) mass is 213 g/mol. The van der Waals surface area contributed by atoms with Crippen LogP contribution in [0.15, 0.2) is 0 Å². The highest BCUT2D eigenvalue weighted by atomic mass is 16.5. The van der Waals surface area contributed by atoms with E-state index in [1.165, 1.54) is 38.6 Å². The van der Waals surface area contributed by atoms with E-state index in [4.69, 9.17) is 9.84 Å². The lowest BCUT2D eigenvalue weighted by atomic mass is 9.92. The zero-order chi connectivity index (χ0) is 10.5. The lowest BCUT2D eigenvalue weighted by Crippen LogP contribution is -2.44. The molecular weight excluding hydrogens is 190 g/mol. The summed E-state index contributed by atoms with van der Waals surface area (Å²) in [6, 6.07) is 0.844. The molecule has 1 N–H and O–H groups in total. The first-order valence-corrected chi connectivity index (χ1v) is 6.34. The molecule has 2 rings (SSSR count). The lowest BCUT2D eigenvalue weighted by molar-refractivity contribution is 0.0438. The van der Waals surface area contributed by atoms with Gasteiger partial charge in [0.2, 0.25) is 0 Å². The van der Waals surface area contributed by atoms with Crippen LogP contribution in [0.1, 0.15) is 32.1 Å². The highest BCUT2D eigenvalue weighted by Crippen LogP contribution is 2.36. The Morgan fingerprint density at radius 1 is 1.13 bits per heavy atom. The van der Waals surface area contributed by atoms with E-state index < -0.39 is 0 Å². The first-order valence-electron chi connectivity index (χ1n) is 6.34. The third-order valence-electron chi connectivity index (χ3n) is 3.87. The van der Waals surface area contributed by atoms with Gasteiger partial charge in [0.1, 0.15) is 0 Å². The summed E-state index contributed by atoms with van der Waals surface area (Å²) in [7, 11) is 0. The Hall–Kier alpha value is -0.120. The number of aliphatic hydroxyl groups is 1. The average Bonchev–Trinajstić information content (AvgIpc) is 2.73. The zero-order valence-corrected chi connectivity index (χ0v) is 9.53. The Morgan fingerprint density at radius 3 is 2.87 bits per heavy atom. The number of piperidine rings is 1. The molecule has 2 fully saturated rings. The van der Waals surface area contributed by atoms with Gasteiger partial charge < -0.3 is 9.84 Å². The molecule has 2 unspecified atom stereocenters. The molecule has 0 aromatic rings. The van der Waals surface area contributed by atoms with Gasteiger partial charge in [0.05, 0.1) is 19.8 Å². The molecule has 88 valence electrons. The van der Waals surface area contributed by atoms with Crippen molar-refractivity contribution in [2.24, 2.45) is 5.92 Å². The summed E-state index contributed by atoms with van der Waals surface area (Å²) in [6.07, 6.45) is 7.06. The van der Waals surface area contributed by atoms with Gasteiger partial charge >= 0.3 is 0 Å². The third-order valence-corrected chi connectivity index (χ3v) is 3.87. The molecule has 0 amide bonds. The van der Waals surface area contributed by atoms with Crippen LogP contribution in [0.2, 0.25) is 0 Å². The van der Waals surface area contributed by atoms with Gasteiger partial charge in [-0.25, -0.2) is 0 Å². The third kappa shape index (κ3) is 2.92. The number of nitrogens with zero attached hydrogens (tertiary/aromatic N) is 1. The van der Waals surface area contributed by atoms with Gasteiger partial charge in [0.15, 0.2) is 0 Å². The smallest absolute Gasteiger partial charge is 0.0698 e. The van der Waals surface area contributed by atoms with Crippen LogP contribution in [0.5, 0.6) is 0 Å². The quantitative estimate of drug-likeness (QED) is 0.698. The Kier molecular flexibility index (Phi) is 4.42. The summed E-state index contributed by atoms with van der Waals surface area (Å²) in [5, 5.41) is 8.61. The van der Waals surface area contributed by atoms with Crippen LogP contribution in [-0.4, -0.2) is 49.0 Å². The van der Waals surface area contributed by atoms with E-state index in [0.29, 0.717) is 6.61 Å². The van der Waals surface area contributed by atoms with Crippen molar-refractivity contribution in [3.05, 3.63) is 0 Å². The fourth-order valence-electron chi connectivity index (χ4n) is 3.18. The van der Waals surface area contributed by atoms with Crippen molar-refractivity contribution in [3.8, 4) is 0 Å². The topological polar surface area (TPSA) is 32.7 Å². The summed E-state index contributed by atoms with van der Waals surface area (Å²) in [5.74, 6) is 0.969. The molecule has 0 bridgehead atoms. The maximum atomic E-state index is 8.61. The van der Waals surface area contributed by atoms with E-state index >= 15 is 0 Å². The molecule has 15 heavy (non-hydrogen) atoms. The summed E-state index contributed by atoms with van der Waals surface area (Å²) in [5.41, 5.74) is 0. The Balaban J connectivity index is 1.71. The van der Waals surface area contributed by atoms with Crippen molar-refractivity contribution in [2.75, 3.05) is 32.9 Å². The predicted octanol–water partition coefficient (Wildman–Crippen LogP) is 1.26. The Bertz CT molecular complexity index is 186. The minimum Gasteiger partial charge on any atom is -0.394 e. The van der Waals surface area contributed by atoms with E-state index in [-0.39, 0.29) is 6.61 Å². The van der Waals surface area contributed by atoms with Gasteiger partial charge in [-0.15, -0.1) is 0 Å². The van der Waals surface area contributed by atoms with Crippen molar-refractivity contribution in [3.63, 3.8) is 0 Å². The number of hydrogen-bond donors (Lipinski definition) is 1. The molecular formula is C12H23NO2. The van der Waals surface area contributed by atoms with Crippen molar-refractivity contribution in [1.29, 1.82) is 0 Å². The number of fused-ring (bicyclic) bond motifs is 1. The van der Waals surface area contributed by atoms with Crippen LogP contribution >= 0.6 is 0 Å². The van der Waals surface area contributed by atoms with Crippen molar-refractivity contribution >= 4 is 0 Å². The predicted molar refractivity (Wildman–Crippen MR) is 59.8 cm³/mol. The molecule has 2 aliphatic rings. The molecule has 3 heteroatoms. The van der Waals surface area contributed by atoms with Gasteiger partial charge in [-0.05, 0) is 38.1 Å². The first kappa shape index (κ1) is 11.4. The number of rotatable bonds is 5. The second-order valence-corrected chi connectivity index (χ2v) is 4.77. The number of likely N-dealkylation sites (tertiary alicyclic amines) is 1. The highest BCUT2D eigenvalue weighted by Gasteiger charge is 2.34. The van der Waals surface area contributed by atoms with E-state index in [1.54, 1.807) is 0 Å². The second kappa shape index (κ2) is 5.83. The van der Waals surface area contributed by atoms with Gasteiger partial charge in [0, 0.05) is 12.6 Å². The van der Waals surface area contributed by atoms with Crippen LogP contribution < -0.4 is 0 Å². The Morgan fingerprint density at radius 2 is 2.00 bits per heavy atom. The number of hydrogen-bond acceptors (Lipinski definition) is 3. The molecule has 0 spiro atoms. The maximum Gasteiger partial charge on any atom is 0.0698 e.